The van der Waals surface area contributed by atoms with E-state index < -0.39 is 5.67 Å². The first-order valence-corrected chi connectivity index (χ1v) is 5.76. The molecule has 17 heavy (non-hydrogen) atoms. The Morgan fingerprint density at radius 3 is 2.71 bits per heavy atom. The van der Waals surface area contributed by atoms with Gasteiger partial charge in [-0.2, -0.15) is 0 Å². The molecule has 0 aromatic heterocycles. The number of hydrogen-bond donors (Lipinski definition) is 1. The smallest absolute Gasteiger partial charge is 0.231 e. The zero-order chi connectivity index (χ0) is 12.6. The zero-order valence-electron chi connectivity index (χ0n) is 10.4. The summed E-state index contributed by atoms with van der Waals surface area (Å²) in [5.74, 6) is 1.44. The second-order valence-electron chi connectivity index (χ2n) is 4.91. The number of halogens is 1. The van der Waals surface area contributed by atoms with E-state index in [4.69, 9.17) is 15.2 Å². The van der Waals surface area contributed by atoms with Gasteiger partial charge in [-0.3, -0.25) is 0 Å². The molecule has 0 radical (unpaired) electrons. The predicted octanol–water partition coefficient (Wildman–Crippen LogP) is 2.68. The van der Waals surface area contributed by atoms with Gasteiger partial charge in [0.1, 0.15) is 5.67 Å². The van der Waals surface area contributed by atoms with Crippen LogP contribution in [0.15, 0.2) is 12.1 Å². The van der Waals surface area contributed by atoms with Crippen molar-refractivity contribution in [3.05, 3.63) is 23.3 Å². The molecule has 2 rings (SSSR count). The van der Waals surface area contributed by atoms with Crippen molar-refractivity contribution in [2.24, 2.45) is 5.73 Å². The third kappa shape index (κ3) is 2.22. The van der Waals surface area contributed by atoms with Crippen LogP contribution in [0.3, 0.4) is 0 Å². The van der Waals surface area contributed by atoms with Gasteiger partial charge in [-0.15, -0.1) is 0 Å². The third-order valence-electron chi connectivity index (χ3n) is 3.07. The average Bonchev–Trinajstić information content (AvgIpc) is 2.73. The van der Waals surface area contributed by atoms with Crippen molar-refractivity contribution in [1.82, 2.24) is 0 Å². The molecule has 0 saturated heterocycles. The third-order valence-corrected chi connectivity index (χ3v) is 3.07. The summed E-state index contributed by atoms with van der Waals surface area (Å²) in [7, 11) is 0. The van der Waals surface area contributed by atoms with E-state index in [1.807, 2.05) is 13.0 Å². The normalized spacial score (nSPS) is 16.1. The first-order chi connectivity index (χ1) is 7.93. The molecule has 2 N–H and O–H groups in total. The molecule has 1 aromatic carbocycles. The van der Waals surface area contributed by atoms with Gasteiger partial charge in [-0.25, -0.2) is 4.39 Å². The highest BCUT2D eigenvalue weighted by Crippen LogP contribution is 2.42. The molecule has 3 nitrogen and oxygen atoms in total. The number of ether oxygens (including phenoxy) is 2. The Hall–Kier alpha value is -1.29. The molecule has 1 aliphatic heterocycles. The van der Waals surface area contributed by atoms with Crippen molar-refractivity contribution in [1.29, 1.82) is 0 Å². The SMILES string of the molecule is CC(CN)c1cc(C(C)(C)F)cc2c1OCO2. The van der Waals surface area contributed by atoms with E-state index in [1.165, 1.54) is 13.8 Å². The number of alkyl halides is 1. The molecule has 0 spiro atoms. The van der Waals surface area contributed by atoms with Crippen LogP contribution in [-0.2, 0) is 5.67 Å². The van der Waals surface area contributed by atoms with Crippen LogP contribution in [0.4, 0.5) is 4.39 Å². The Morgan fingerprint density at radius 1 is 1.41 bits per heavy atom. The second-order valence-corrected chi connectivity index (χ2v) is 4.91. The van der Waals surface area contributed by atoms with E-state index >= 15 is 0 Å². The summed E-state index contributed by atoms with van der Waals surface area (Å²) in [6.07, 6.45) is 0. The van der Waals surface area contributed by atoms with Crippen LogP contribution in [0.2, 0.25) is 0 Å². The number of rotatable bonds is 3. The molecule has 94 valence electrons. The highest BCUT2D eigenvalue weighted by Gasteiger charge is 2.27. The summed E-state index contributed by atoms with van der Waals surface area (Å²) in [6, 6.07) is 3.53. The molecule has 0 bridgehead atoms. The van der Waals surface area contributed by atoms with Crippen molar-refractivity contribution in [3.63, 3.8) is 0 Å². The standard InChI is InChI=1S/C13H18FNO2/c1-8(6-15)10-4-9(13(2,3)14)5-11-12(10)17-7-16-11/h4-5,8H,6-7,15H2,1-3H3. The van der Waals surface area contributed by atoms with Crippen LogP contribution in [-0.4, -0.2) is 13.3 Å². The topological polar surface area (TPSA) is 44.5 Å². The first kappa shape index (κ1) is 12.2. The second kappa shape index (κ2) is 4.18. The molecule has 1 unspecified atom stereocenters. The van der Waals surface area contributed by atoms with Gasteiger partial charge < -0.3 is 15.2 Å². The van der Waals surface area contributed by atoms with Gasteiger partial charge in [-0.1, -0.05) is 6.92 Å². The quantitative estimate of drug-likeness (QED) is 0.882. The van der Waals surface area contributed by atoms with Gasteiger partial charge >= 0.3 is 0 Å². The minimum absolute atomic E-state index is 0.118. The van der Waals surface area contributed by atoms with Crippen LogP contribution < -0.4 is 15.2 Å². The molecule has 4 heteroatoms. The lowest BCUT2D eigenvalue weighted by atomic mass is 9.92. The maximum Gasteiger partial charge on any atom is 0.231 e. The van der Waals surface area contributed by atoms with Crippen LogP contribution >= 0.6 is 0 Å². The zero-order valence-corrected chi connectivity index (χ0v) is 10.4. The van der Waals surface area contributed by atoms with Gasteiger partial charge in [0, 0.05) is 5.56 Å². The Labute approximate surface area is 101 Å². The van der Waals surface area contributed by atoms with Gasteiger partial charge in [-0.05, 0) is 44.0 Å². The Balaban J connectivity index is 2.54. The summed E-state index contributed by atoms with van der Waals surface area (Å²) < 4.78 is 24.8. The van der Waals surface area contributed by atoms with Crippen LogP contribution in [0.25, 0.3) is 0 Å². The van der Waals surface area contributed by atoms with Crippen molar-refractivity contribution in [2.75, 3.05) is 13.3 Å². The highest BCUT2D eigenvalue weighted by molar-refractivity contribution is 5.53. The van der Waals surface area contributed by atoms with E-state index in [0.29, 0.717) is 23.6 Å². The lowest BCUT2D eigenvalue weighted by Gasteiger charge is -2.19. The molecule has 0 saturated carbocycles. The minimum atomic E-state index is -1.40. The fraction of sp³-hybridized carbons (Fsp3) is 0.538. The van der Waals surface area contributed by atoms with Crippen molar-refractivity contribution >= 4 is 0 Å². The summed E-state index contributed by atoms with van der Waals surface area (Å²) in [5.41, 5.74) is 5.78. The minimum Gasteiger partial charge on any atom is -0.454 e. The average molecular weight is 239 g/mol. The van der Waals surface area contributed by atoms with Crippen LogP contribution in [0.5, 0.6) is 11.5 Å². The van der Waals surface area contributed by atoms with Gasteiger partial charge in [0.2, 0.25) is 6.79 Å². The Bertz CT molecular complexity index is 426. The maximum absolute atomic E-state index is 14.0. The molecular formula is C13H18FNO2. The van der Waals surface area contributed by atoms with Gasteiger partial charge in [0.15, 0.2) is 11.5 Å². The fourth-order valence-electron chi connectivity index (χ4n) is 1.87. The number of fused-ring (bicyclic) bond motifs is 1. The molecule has 1 aromatic rings. The summed E-state index contributed by atoms with van der Waals surface area (Å²) >= 11 is 0. The van der Waals surface area contributed by atoms with Crippen molar-refractivity contribution < 1.29 is 13.9 Å². The molecule has 1 atom stereocenters. The van der Waals surface area contributed by atoms with Crippen molar-refractivity contribution in [2.45, 2.75) is 32.4 Å². The Morgan fingerprint density at radius 2 is 2.12 bits per heavy atom. The van der Waals surface area contributed by atoms with E-state index in [9.17, 15) is 4.39 Å². The molecule has 0 aliphatic carbocycles. The number of hydrogen-bond acceptors (Lipinski definition) is 3. The van der Waals surface area contributed by atoms with E-state index in [0.717, 1.165) is 5.56 Å². The van der Waals surface area contributed by atoms with Gasteiger partial charge in [0.05, 0.1) is 0 Å². The highest BCUT2D eigenvalue weighted by atomic mass is 19.1. The lowest BCUT2D eigenvalue weighted by molar-refractivity contribution is 0.172. The van der Waals surface area contributed by atoms with Crippen LogP contribution in [0, 0.1) is 0 Å². The lowest BCUT2D eigenvalue weighted by Crippen LogP contribution is -2.13. The van der Waals surface area contributed by atoms with E-state index in [1.54, 1.807) is 6.07 Å². The van der Waals surface area contributed by atoms with Crippen molar-refractivity contribution in [3.8, 4) is 11.5 Å². The number of nitrogens with two attached hydrogens (primary N) is 1. The molecule has 1 heterocycles. The molecular weight excluding hydrogens is 221 g/mol. The summed E-state index contributed by atoms with van der Waals surface area (Å²) in [6.45, 7) is 5.73. The van der Waals surface area contributed by atoms with Crippen LogP contribution in [0.1, 0.15) is 37.8 Å². The largest absolute Gasteiger partial charge is 0.454 e. The fourth-order valence-corrected chi connectivity index (χ4v) is 1.87. The number of benzene rings is 1. The Kier molecular flexibility index (Phi) is 3.00. The predicted molar refractivity (Wildman–Crippen MR) is 64.2 cm³/mol. The van der Waals surface area contributed by atoms with E-state index in [-0.39, 0.29) is 12.7 Å². The maximum atomic E-state index is 14.0. The summed E-state index contributed by atoms with van der Waals surface area (Å²) in [4.78, 5) is 0. The molecule has 0 fully saturated rings. The summed E-state index contributed by atoms with van der Waals surface area (Å²) in [5, 5.41) is 0. The first-order valence-electron chi connectivity index (χ1n) is 5.76. The monoisotopic (exact) mass is 239 g/mol. The van der Waals surface area contributed by atoms with E-state index in [2.05, 4.69) is 0 Å². The molecule has 0 amide bonds. The van der Waals surface area contributed by atoms with Gasteiger partial charge in [0.25, 0.3) is 0 Å². The molecule has 1 aliphatic rings.